The van der Waals surface area contributed by atoms with Gasteiger partial charge in [-0.05, 0) is 69.2 Å². The van der Waals surface area contributed by atoms with E-state index >= 15 is 0 Å². The molecule has 184 valence electrons. The third kappa shape index (κ3) is 4.24. The molecule has 0 radical (unpaired) electrons. The number of non-ortho nitro benzene ring substituents is 1. The summed E-state index contributed by atoms with van der Waals surface area (Å²) in [6.45, 7) is 7.56. The summed E-state index contributed by atoms with van der Waals surface area (Å²) in [4.78, 5) is 50.3. The lowest BCUT2D eigenvalue weighted by Gasteiger charge is -2.27. The van der Waals surface area contributed by atoms with Crippen molar-refractivity contribution in [1.29, 1.82) is 0 Å². The molecule has 1 aliphatic rings. The molecule has 1 aliphatic heterocycles. The number of barbiturate groups is 1. The fourth-order valence-electron chi connectivity index (χ4n) is 4.26. The van der Waals surface area contributed by atoms with Crippen LogP contribution in [0.15, 0.2) is 54.1 Å². The van der Waals surface area contributed by atoms with E-state index in [9.17, 15) is 24.5 Å². The first-order chi connectivity index (χ1) is 17.1. The number of amides is 4. The maximum atomic E-state index is 13.4. The molecule has 4 rings (SSSR count). The number of benzene rings is 2. The fourth-order valence-corrected chi connectivity index (χ4v) is 4.26. The molecule has 4 amide bonds. The van der Waals surface area contributed by atoms with E-state index in [0.717, 1.165) is 22.0 Å². The molecule has 1 aromatic heterocycles. The third-order valence-corrected chi connectivity index (χ3v) is 5.91. The quantitative estimate of drug-likeness (QED) is 0.238. The Hall–Kier alpha value is -4.73. The number of nitrogens with zero attached hydrogens (tertiary/aromatic N) is 3. The van der Waals surface area contributed by atoms with Crippen LogP contribution in [-0.2, 0) is 9.59 Å². The largest absolute Gasteiger partial charge is 0.492 e. The third-order valence-electron chi connectivity index (χ3n) is 5.91. The van der Waals surface area contributed by atoms with Gasteiger partial charge in [-0.2, -0.15) is 0 Å². The highest BCUT2D eigenvalue weighted by Gasteiger charge is 2.38. The number of nitro benzene ring substituents is 1. The zero-order valence-electron chi connectivity index (χ0n) is 20.2. The van der Waals surface area contributed by atoms with Crippen molar-refractivity contribution < 1.29 is 24.0 Å². The van der Waals surface area contributed by atoms with Gasteiger partial charge in [0.15, 0.2) is 0 Å². The summed E-state index contributed by atoms with van der Waals surface area (Å²) in [5, 5.41) is 13.3. The van der Waals surface area contributed by atoms with E-state index in [1.165, 1.54) is 18.2 Å². The Balaban J connectivity index is 1.77. The average molecular weight is 489 g/mol. The average Bonchev–Trinajstić information content (AvgIpc) is 3.10. The Kier molecular flexibility index (Phi) is 6.43. The van der Waals surface area contributed by atoms with Gasteiger partial charge in [0.25, 0.3) is 17.5 Å². The van der Waals surface area contributed by atoms with Crippen LogP contribution in [0.4, 0.5) is 16.2 Å². The van der Waals surface area contributed by atoms with Crippen LogP contribution in [-0.4, -0.2) is 33.9 Å². The summed E-state index contributed by atoms with van der Waals surface area (Å²) >= 11 is 0. The van der Waals surface area contributed by atoms with Crippen LogP contribution in [0.2, 0.25) is 0 Å². The lowest BCUT2D eigenvalue weighted by molar-refractivity contribution is -0.384. The Labute approximate surface area is 206 Å². The number of aryl methyl sites for hydroxylation is 2. The van der Waals surface area contributed by atoms with Crippen molar-refractivity contribution in [2.45, 2.75) is 27.7 Å². The van der Waals surface area contributed by atoms with Gasteiger partial charge in [-0.1, -0.05) is 12.1 Å². The number of ether oxygens (including phenoxy) is 1. The van der Waals surface area contributed by atoms with Crippen molar-refractivity contribution >= 4 is 35.3 Å². The normalized spacial score (nSPS) is 14.8. The van der Waals surface area contributed by atoms with E-state index < -0.39 is 22.8 Å². The number of nitrogens with one attached hydrogen (secondary N) is 1. The summed E-state index contributed by atoms with van der Waals surface area (Å²) in [5.74, 6) is -1.23. The van der Waals surface area contributed by atoms with Gasteiger partial charge in [0, 0.05) is 29.2 Å². The van der Waals surface area contributed by atoms with Crippen LogP contribution in [0.1, 0.15) is 29.4 Å². The van der Waals surface area contributed by atoms with Crippen molar-refractivity contribution in [2.24, 2.45) is 0 Å². The Bertz CT molecular complexity index is 1450. The van der Waals surface area contributed by atoms with Gasteiger partial charge in [-0.3, -0.25) is 25.0 Å². The highest BCUT2D eigenvalue weighted by molar-refractivity contribution is 6.39. The molecule has 1 saturated heterocycles. The van der Waals surface area contributed by atoms with Crippen LogP contribution in [0.3, 0.4) is 0 Å². The van der Waals surface area contributed by atoms with Gasteiger partial charge in [-0.25, -0.2) is 9.69 Å². The predicted octanol–water partition coefficient (Wildman–Crippen LogP) is 4.38. The van der Waals surface area contributed by atoms with Crippen molar-refractivity contribution in [2.75, 3.05) is 11.5 Å². The molecule has 1 N–H and O–H groups in total. The van der Waals surface area contributed by atoms with Crippen molar-refractivity contribution in [3.05, 3.63) is 86.7 Å². The summed E-state index contributed by atoms with van der Waals surface area (Å²) in [5.41, 5.74) is 3.56. The minimum Gasteiger partial charge on any atom is -0.492 e. The van der Waals surface area contributed by atoms with Crippen molar-refractivity contribution in [3.63, 3.8) is 0 Å². The number of imide groups is 2. The maximum absolute atomic E-state index is 13.4. The molecule has 36 heavy (non-hydrogen) atoms. The molecule has 0 unspecified atom stereocenters. The molecule has 3 aromatic rings. The first-order valence-corrected chi connectivity index (χ1v) is 11.2. The number of hydrogen-bond acceptors (Lipinski definition) is 6. The molecule has 0 saturated carbocycles. The summed E-state index contributed by atoms with van der Waals surface area (Å²) in [6.07, 6.45) is 1.44. The second-order valence-electron chi connectivity index (χ2n) is 8.25. The number of urea groups is 1. The zero-order chi connectivity index (χ0) is 26.1. The molecule has 2 heterocycles. The first kappa shape index (κ1) is 24.4. The van der Waals surface area contributed by atoms with E-state index in [2.05, 4.69) is 5.32 Å². The Morgan fingerprint density at radius 1 is 1.03 bits per heavy atom. The first-order valence-electron chi connectivity index (χ1n) is 11.2. The maximum Gasteiger partial charge on any atom is 0.336 e. The standard InChI is InChI=1S/C26H24N4O6/c1-5-36-23-9-7-6-8-22(23)29-25(32)20(24(31)27-26(29)33)14-18-13-16(3)28(17(18)4)21-11-10-19(30(34)35)12-15(21)2/h6-14H,5H2,1-4H3,(H,27,31,33)/b20-14+. The minimum absolute atomic E-state index is 0.0115. The van der Waals surface area contributed by atoms with E-state index in [-0.39, 0.29) is 16.9 Å². The predicted molar refractivity (Wildman–Crippen MR) is 133 cm³/mol. The molecule has 0 atom stereocenters. The molecule has 0 spiro atoms. The fraction of sp³-hybridized carbons (Fsp3) is 0.192. The van der Waals surface area contributed by atoms with E-state index in [1.54, 1.807) is 50.2 Å². The molecular formula is C26H24N4O6. The van der Waals surface area contributed by atoms with Crippen LogP contribution in [0, 0.1) is 30.9 Å². The van der Waals surface area contributed by atoms with Crippen molar-refractivity contribution in [1.82, 2.24) is 9.88 Å². The Morgan fingerprint density at radius 2 is 1.75 bits per heavy atom. The van der Waals surface area contributed by atoms with E-state index in [0.29, 0.717) is 23.5 Å². The monoisotopic (exact) mass is 488 g/mol. The highest BCUT2D eigenvalue weighted by atomic mass is 16.6. The van der Waals surface area contributed by atoms with Crippen molar-refractivity contribution in [3.8, 4) is 11.4 Å². The number of aromatic nitrogens is 1. The summed E-state index contributed by atoms with van der Waals surface area (Å²) < 4.78 is 7.46. The number of nitro groups is 1. The molecule has 10 heteroatoms. The minimum atomic E-state index is -0.860. The van der Waals surface area contributed by atoms with Gasteiger partial charge in [0.2, 0.25) is 0 Å². The second kappa shape index (κ2) is 9.49. The van der Waals surface area contributed by atoms with E-state index in [4.69, 9.17) is 4.74 Å². The number of hydrogen-bond donors (Lipinski definition) is 1. The zero-order valence-corrected chi connectivity index (χ0v) is 20.2. The van der Waals surface area contributed by atoms with Crippen LogP contribution < -0.4 is 15.0 Å². The number of rotatable bonds is 6. The van der Waals surface area contributed by atoms with Crippen LogP contribution in [0.5, 0.6) is 5.75 Å². The summed E-state index contributed by atoms with van der Waals surface area (Å²) in [7, 11) is 0. The van der Waals surface area contributed by atoms with Gasteiger partial charge in [-0.15, -0.1) is 0 Å². The topological polar surface area (TPSA) is 124 Å². The number of carbonyl (C=O) groups excluding carboxylic acids is 3. The van der Waals surface area contributed by atoms with Crippen LogP contribution >= 0.6 is 0 Å². The Morgan fingerprint density at radius 3 is 2.42 bits per heavy atom. The van der Waals surface area contributed by atoms with Gasteiger partial charge in [0.1, 0.15) is 11.3 Å². The molecule has 0 aliphatic carbocycles. The van der Waals surface area contributed by atoms with Gasteiger partial charge >= 0.3 is 6.03 Å². The van der Waals surface area contributed by atoms with Crippen LogP contribution in [0.25, 0.3) is 11.8 Å². The SMILES string of the molecule is CCOc1ccccc1N1C(=O)NC(=O)/C(=C\c2cc(C)n(-c3ccc([N+](=O)[O-])cc3C)c2C)C1=O. The summed E-state index contributed by atoms with van der Waals surface area (Å²) in [6, 6.07) is 12.1. The van der Waals surface area contributed by atoms with Gasteiger partial charge < -0.3 is 9.30 Å². The number of para-hydroxylation sites is 2. The van der Waals surface area contributed by atoms with E-state index in [1.807, 2.05) is 18.4 Å². The highest BCUT2D eigenvalue weighted by Crippen LogP contribution is 2.32. The lowest BCUT2D eigenvalue weighted by Crippen LogP contribution is -2.54. The molecular weight excluding hydrogens is 464 g/mol. The molecule has 0 bridgehead atoms. The number of carbonyl (C=O) groups is 3. The molecule has 2 aromatic carbocycles. The molecule has 1 fully saturated rings. The second-order valence-corrected chi connectivity index (χ2v) is 8.25. The number of anilines is 1. The van der Waals surface area contributed by atoms with Gasteiger partial charge in [0.05, 0.1) is 17.2 Å². The lowest BCUT2D eigenvalue weighted by atomic mass is 10.1. The smallest absolute Gasteiger partial charge is 0.336 e. The molecule has 10 nitrogen and oxygen atoms in total.